The van der Waals surface area contributed by atoms with Gasteiger partial charge in [-0.15, -0.1) is 0 Å². The van der Waals surface area contributed by atoms with Crippen molar-refractivity contribution in [3.8, 4) is 5.75 Å². The second kappa shape index (κ2) is 9.02. The van der Waals surface area contributed by atoms with Gasteiger partial charge in [-0.05, 0) is 54.7 Å². The van der Waals surface area contributed by atoms with Crippen molar-refractivity contribution < 1.29 is 23.0 Å². The van der Waals surface area contributed by atoms with E-state index in [1.54, 1.807) is 25.1 Å². The standard InChI is InChI=1S/C25H27F3N2O3/c1-14-9-10-18(23(33-5)15(14)2)16(3)17(4)24(32,25(26,27)28)13-29-20-7-6-8-21-19(20)11-12-22(31)30-21/h6-13,16-17,32H,1-5H3,(H,30,31). The number of ether oxygens (including phenoxy) is 1. The summed E-state index contributed by atoms with van der Waals surface area (Å²) in [5.41, 5.74) is -0.531. The van der Waals surface area contributed by atoms with E-state index in [-0.39, 0.29) is 11.2 Å². The number of H-pyrrole nitrogens is 1. The molecule has 1 aromatic heterocycles. The SMILES string of the molecule is COc1c(C(C)C(C)C(O)(C=Nc2cccc3[nH]c(=O)ccc23)C(F)(F)F)ccc(C)c1C. The molecule has 0 aliphatic rings. The minimum Gasteiger partial charge on any atom is -0.496 e. The van der Waals surface area contributed by atoms with Crippen LogP contribution in [0.5, 0.6) is 5.75 Å². The van der Waals surface area contributed by atoms with Gasteiger partial charge >= 0.3 is 6.18 Å². The van der Waals surface area contributed by atoms with Crippen LogP contribution in [0.25, 0.3) is 10.9 Å². The van der Waals surface area contributed by atoms with Gasteiger partial charge in [-0.3, -0.25) is 9.79 Å². The second-order valence-corrected chi connectivity index (χ2v) is 8.35. The summed E-state index contributed by atoms with van der Waals surface area (Å²) in [5, 5.41) is 11.4. The van der Waals surface area contributed by atoms with Crippen molar-refractivity contribution in [3.05, 3.63) is 69.5 Å². The zero-order valence-electron chi connectivity index (χ0n) is 19.1. The molecule has 33 heavy (non-hydrogen) atoms. The molecule has 0 aliphatic heterocycles. The summed E-state index contributed by atoms with van der Waals surface area (Å²) in [6.07, 6.45) is -4.42. The molecule has 0 amide bonds. The van der Waals surface area contributed by atoms with Crippen molar-refractivity contribution in [3.63, 3.8) is 0 Å². The third-order valence-electron chi connectivity index (χ3n) is 6.44. The van der Waals surface area contributed by atoms with Gasteiger partial charge in [0.05, 0.1) is 18.3 Å². The molecular formula is C25H27F3N2O3. The molecule has 0 fully saturated rings. The lowest BCUT2D eigenvalue weighted by molar-refractivity contribution is -0.246. The molecule has 3 atom stereocenters. The van der Waals surface area contributed by atoms with Crippen LogP contribution in [0, 0.1) is 19.8 Å². The van der Waals surface area contributed by atoms with E-state index in [1.807, 2.05) is 19.9 Å². The summed E-state index contributed by atoms with van der Waals surface area (Å²) in [6.45, 7) is 6.72. The summed E-state index contributed by atoms with van der Waals surface area (Å²) >= 11 is 0. The Morgan fingerprint density at radius 3 is 2.42 bits per heavy atom. The number of pyridine rings is 1. The normalized spacial score (nSPS) is 16.0. The van der Waals surface area contributed by atoms with Gasteiger partial charge in [-0.25, -0.2) is 0 Å². The predicted octanol–water partition coefficient (Wildman–Crippen LogP) is 5.59. The van der Waals surface area contributed by atoms with Crippen LogP contribution < -0.4 is 10.3 Å². The zero-order chi connectivity index (χ0) is 24.6. The zero-order valence-corrected chi connectivity index (χ0v) is 19.1. The van der Waals surface area contributed by atoms with Crippen LogP contribution in [0.15, 0.2) is 52.3 Å². The van der Waals surface area contributed by atoms with Crippen LogP contribution in [-0.4, -0.2) is 35.2 Å². The Hall–Kier alpha value is -3.13. The quantitative estimate of drug-likeness (QED) is 0.471. The molecule has 0 spiro atoms. The molecule has 0 aliphatic carbocycles. The fraction of sp³-hybridized carbons (Fsp3) is 0.360. The summed E-state index contributed by atoms with van der Waals surface area (Å²) in [4.78, 5) is 18.2. The average Bonchev–Trinajstić information content (AvgIpc) is 2.77. The molecule has 0 saturated heterocycles. The first kappa shape index (κ1) is 24.5. The Morgan fingerprint density at radius 2 is 1.79 bits per heavy atom. The molecule has 0 bridgehead atoms. The summed E-state index contributed by atoms with van der Waals surface area (Å²) in [5.74, 6) is -1.48. The number of aliphatic hydroxyl groups is 1. The third kappa shape index (κ3) is 4.53. The lowest BCUT2D eigenvalue weighted by Crippen LogP contribution is -2.53. The molecule has 176 valence electrons. The topological polar surface area (TPSA) is 74.7 Å². The third-order valence-corrected chi connectivity index (χ3v) is 6.44. The second-order valence-electron chi connectivity index (χ2n) is 8.35. The summed E-state index contributed by atoms with van der Waals surface area (Å²) < 4.78 is 48.1. The molecular weight excluding hydrogens is 433 g/mol. The van der Waals surface area contributed by atoms with Crippen molar-refractivity contribution in [2.75, 3.05) is 7.11 Å². The maximum Gasteiger partial charge on any atom is 0.422 e. The minimum absolute atomic E-state index is 0.204. The van der Waals surface area contributed by atoms with Gasteiger partial charge in [-0.2, -0.15) is 13.2 Å². The van der Waals surface area contributed by atoms with E-state index in [4.69, 9.17) is 4.74 Å². The van der Waals surface area contributed by atoms with E-state index in [0.29, 0.717) is 28.4 Å². The van der Waals surface area contributed by atoms with Gasteiger partial charge in [0.1, 0.15) is 5.75 Å². The minimum atomic E-state index is -4.98. The lowest BCUT2D eigenvalue weighted by Gasteiger charge is -2.36. The first-order chi connectivity index (χ1) is 15.4. The van der Waals surface area contributed by atoms with Crippen molar-refractivity contribution in [2.45, 2.75) is 45.4 Å². The van der Waals surface area contributed by atoms with E-state index in [2.05, 4.69) is 9.98 Å². The van der Waals surface area contributed by atoms with Crippen molar-refractivity contribution in [1.82, 2.24) is 4.98 Å². The number of benzene rings is 2. The number of fused-ring (bicyclic) bond motifs is 1. The first-order valence-electron chi connectivity index (χ1n) is 10.5. The van der Waals surface area contributed by atoms with E-state index in [9.17, 15) is 23.1 Å². The smallest absolute Gasteiger partial charge is 0.422 e. The van der Waals surface area contributed by atoms with Crippen LogP contribution in [0.4, 0.5) is 18.9 Å². The monoisotopic (exact) mass is 460 g/mol. The largest absolute Gasteiger partial charge is 0.496 e. The van der Waals surface area contributed by atoms with Gasteiger partial charge in [0, 0.05) is 23.6 Å². The molecule has 3 rings (SSSR count). The van der Waals surface area contributed by atoms with Crippen LogP contribution in [0.3, 0.4) is 0 Å². The van der Waals surface area contributed by atoms with Gasteiger partial charge in [0.2, 0.25) is 5.56 Å². The van der Waals surface area contributed by atoms with Crippen molar-refractivity contribution in [1.29, 1.82) is 0 Å². The van der Waals surface area contributed by atoms with Crippen molar-refractivity contribution in [2.24, 2.45) is 10.9 Å². The number of aryl methyl sites for hydroxylation is 1. The van der Waals surface area contributed by atoms with E-state index in [1.165, 1.54) is 32.2 Å². The number of aliphatic imine (C=N–C) groups is 1. The van der Waals surface area contributed by atoms with Gasteiger partial charge in [0.15, 0.2) is 5.60 Å². The number of aromatic nitrogens is 1. The lowest BCUT2D eigenvalue weighted by atomic mass is 9.76. The Kier molecular flexibility index (Phi) is 6.70. The number of alkyl halides is 3. The number of methoxy groups -OCH3 is 1. The molecule has 3 aromatic rings. The summed E-state index contributed by atoms with van der Waals surface area (Å²) in [6, 6.07) is 11.0. The number of rotatable bonds is 6. The Bertz CT molecular complexity index is 1250. The molecule has 0 saturated carbocycles. The van der Waals surface area contributed by atoms with Gasteiger partial charge in [-0.1, -0.05) is 32.0 Å². The van der Waals surface area contributed by atoms with E-state index >= 15 is 0 Å². The summed E-state index contributed by atoms with van der Waals surface area (Å²) in [7, 11) is 1.48. The fourth-order valence-electron chi connectivity index (χ4n) is 3.99. The average molecular weight is 460 g/mol. The van der Waals surface area contributed by atoms with Crippen LogP contribution in [0.1, 0.15) is 36.5 Å². The highest BCUT2D eigenvalue weighted by atomic mass is 19.4. The van der Waals surface area contributed by atoms with Crippen molar-refractivity contribution >= 4 is 22.8 Å². The molecule has 1 heterocycles. The molecule has 3 unspecified atom stereocenters. The Balaban J connectivity index is 2.07. The van der Waals surface area contributed by atoms with Gasteiger partial charge < -0.3 is 14.8 Å². The number of nitrogens with zero attached hydrogens (tertiary/aromatic N) is 1. The van der Waals surface area contributed by atoms with Crippen LogP contribution in [-0.2, 0) is 0 Å². The van der Waals surface area contributed by atoms with Gasteiger partial charge in [0.25, 0.3) is 0 Å². The molecule has 0 radical (unpaired) electrons. The molecule has 2 aromatic carbocycles. The number of hydrogen-bond acceptors (Lipinski definition) is 4. The first-order valence-corrected chi connectivity index (χ1v) is 10.5. The van der Waals surface area contributed by atoms with Crippen LogP contribution in [0.2, 0.25) is 0 Å². The predicted molar refractivity (Wildman–Crippen MR) is 124 cm³/mol. The maximum atomic E-state index is 14.2. The number of aromatic amines is 1. The number of halogens is 3. The van der Waals surface area contributed by atoms with E-state index in [0.717, 1.165) is 11.1 Å². The molecule has 5 nitrogen and oxygen atoms in total. The highest BCUT2D eigenvalue weighted by molar-refractivity contribution is 5.91. The molecule has 2 N–H and O–H groups in total. The number of nitrogens with one attached hydrogen (secondary N) is 1. The van der Waals surface area contributed by atoms with Crippen LogP contribution >= 0.6 is 0 Å². The Morgan fingerprint density at radius 1 is 1.09 bits per heavy atom. The maximum absolute atomic E-state index is 14.2. The number of hydrogen-bond donors (Lipinski definition) is 2. The fourth-order valence-corrected chi connectivity index (χ4v) is 3.99. The highest BCUT2D eigenvalue weighted by Gasteiger charge is 2.57. The highest BCUT2D eigenvalue weighted by Crippen LogP contribution is 2.44. The molecule has 8 heteroatoms. The Labute approximate surface area is 190 Å². The van der Waals surface area contributed by atoms with E-state index < -0.39 is 23.6 Å².